The van der Waals surface area contributed by atoms with Crippen molar-refractivity contribution >= 4 is 41.0 Å². The molecule has 0 amide bonds. The molecule has 0 fully saturated rings. The molecule has 0 heterocycles. The molecule has 5 nitrogen and oxygen atoms in total. The summed E-state index contributed by atoms with van der Waals surface area (Å²) in [5.41, 5.74) is -0.959. The number of nitrogens with one attached hydrogen (secondary N) is 2. The Kier molecular flexibility index (Phi) is 7.08. The van der Waals surface area contributed by atoms with Crippen LogP contribution >= 0.6 is 0 Å². The maximum Gasteiger partial charge on any atom is 0.418 e. The quantitative estimate of drug-likeness (QED) is 0.600. The van der Waals surface area contributed by atoms with Crippen LogP contribution in [0.5, 0.6) is 0 Å². The van der Waals surface area contributed by atoms with E-state index in [9.17, 15) is 18.0 Å². The van der Waals surface area contributed by atoms with Gasteiger partial charge in [-0.05, 0) is 24.3 Å². The normalized spacial score (nSPS) is 12.2. The summed E-state index contributed by atoms with van der Waals surface area (Å²) in [4.78, 5) is 20.2. The number of rotatable bonds is 8. The van der Waals surface area contributed by atoms with Crippen LogP contribution in [0.2, 0.25) is 0 Å². The van der Waals surface area contributed by atoms with Crippen molar-refractivity contribution in [3.8, 4) is 0 Å². The van der Waals surface area contributed by atoms with Crippen molar-refractivity contribution in [2.75, 3.05) is 0 Å². The molecule has 2 rings (SSSR count). The average molecular weight is 386 g/mol. The van der Waals surface area contributed by atoms with E-state index in [2.05, 4.69) is 9.98 Å². The predicted molar refractivity (Wildman–Crippen MR) is 104 cm³/mol. The Balaban J connectivity index is 2.14. The Morgan fingerprint density at radius 3 is 2.29 bits per heavy atom. The van der Waals surface area contributed by atoms with E-state index in [-0.39, 0.29) is 24.2 Å². The van der Waals surface area contributed by atoms with Gasteiger partial charge in [-0.2, -0.15) is 13.2 Å². The van der Waals surface area contributed by atoms with Gasteiger partial charge >= 0.3 is 6.18 Å². The fourth-order valence-electron chi connectivity index (χ4n) is 2.27. The lowest BCUT2D eigenvalue weighted by molar-refractivity contribution is -0.137. The van der Waals surface area contributed by atoms with Crippen LogP contribution in [0.25, 0.3) is 0 Å². The smallest absolute Gasteiger partial charge is 0.313 e. The van der Waals surface area contributed by atoms with Crippen molar-refractivity contribution in [2.45, 2.75) is 19.0 Å². The monoisotopic (exact) mass is 386 g/mol. The Labute approximate surface area is 159 Å². The molecule has 0 aliphatic carbocycles. The van der Waals surface area contributed by atoms with Crippen LogP contribution in [0.4, 0.5) is 24.5 Å². The van der Waals surface area contributed by atoms with Crippen LogP contribution in [0, 0.1) is 10.8 Å². The Hall–Kier alpha value is -3.42. The fourth-order valence-corrected chi connectivity index (χ4v) is 2.27. The summed E-state index contributed by atoms with van der Waals surface area (Å²) in [6.07, 6.45) is -2.84. The molecule has 0 aliphatic rings. The zero-order chi connectivity index (χ0) is 20.6. The average Bonchev–Trinajstić information content (AvgIpc) is 2.67. The molecule has 0 aromatic heterocycles. The molecule has 2 aromatic carbocycles. The van der Waals surface area contributed by atoms with Gasteiger partial charge in [0, 0.05) is 25.3 Å². The minimum absolute atomic E-state index is 0.00643. The number of Topliss-reactive ketones (excluding diaryl/α,β-unsaturated/α-hetero) is 1. The van der Waals surface area contributed by atoms with E-state index in [0.29, 0.717) is 5.69 Å². The van der Waals surface area contributed by atoms with Crippen molar-refractivity contribution in [3.63, 3.8) is 0 Å². The fraction of sp³-hybridized carbons (Fsp3) is 0.150. The van der Waals surface area contributed by atoms with E-state index in [0.717, 1.165) is 18.5 Å². The van der Waals surface area contributed by atoms with Gasteiger partial charge in [0.05, 0.1) is 22.6 Å². The number of hydrogen-bond donors (Lipinski definition) is 2. The van der Waals surface area contributed by atoms with Crippen LogP contribution in [-0.4, -0.2) is 29.6 Å². The van der Waals surface area contributed by atoms with Gasteiger partial charge in [-0.3, -0.25) is 20.2 Å². The summed E-state index contributed by atoms with van der Waals surface area (Å²) in [6.45, 7) is 0. The van der Waals surface area contributed by atoms with Gasteiger partial charge in [0.25, 0.3) is 0 Å². The molecule has 0 atom stereocenters. The summed E-state index contributed by atoms with van der Waals surface area (Å²) < 4.78 is 38.8. The first kappa shape index (κ1) is 20.9. The molecule has 0 spiro atoms. The number of benzene rings is 2. The van der Waals surface area contributed by atoms with Gasteiger partial charge in [0.2, 0.25) is 0 Å². The number of ketones is 1. The van der Waals surface area contributed by atoms with Gasteiger partial charge in [0.1, 0.15) is 5.71 Å². The van der Waals surface area contributed by atoms with Crippen LogP contribution in [0.15, 0.2) is 64.6 Å². The van der Waals surface area contributed by atoms with E-state index in [4.69, 9.17) is 10.8 Å². The molecule has 0 unspecified atom stereocenters. The maximum absolute atomic E-state index is 12.9. The molecule has 0 radical (unpaired) electrons. The van der Waals surface area contributed by atoms with Crippen molar-refractivity contribution in [1.82, 2.24) is 0 Å². The van der Waals surface area contributed by atoms with Gasteiger partial charge < -0.3 is 5.41 Å². The molecule has 144 valence electrons. The van der Waals surface area contributed by atoms with E-state index in [1.807, 2.05) is 0 Å². The highest BCUT2D eigenvalue weighted by Crippen LogP contribution is 2.35. The third-order valence-corrected chi connectivity index (χ3v) is 3.60. The highest BCUT2D eigenvalue weighted by molar-refractivity contribution is 6.68. The summed E-state index contributed by atoms with van der Waals surface area (Å²) in [7, 11) is 0. The molecule has 0 saturated carbocycles. The van der Waals surface area contributed by atoms with E-state index in [1.165, 1.54) is 18.2 Å². The van der Waals surface area contributed by atoms with Gasteiger partial charge in [-0.15, -0.1) is 0 Å². The van der Waals surface area contributed by atoms with E-state index >= 15 is 0 Å². The Morgan fingerprint density at radius 1 is 1.00 bits per heavy atom. The SMILES string of the molecule is N=CCC(=Nc1ccccc1)C(=N)C(=O)CC=Nc1ccccc1C(F)(F)F. The Morgan fingerprint density at radius 2 is 1.64 bits per heavy atom. The summed E-state index contributed by atoms with van der Waals surface area (Å²) in [5.74, 6) is -0.648. The van der Waals surface area contributed by atoms with Gasteiger partial charge in [-0.25, -0.2) is 0 Å². The summed E-state index contributed by atoms with van der Waals surface area (Å²) in [6, 6.07) is 13.5. The molecular weight excluding hydrogens is 369 g/mol. The topological polar surface area (TPSA) is 89.5 Å². The standard InChI is InChI=1S/C20H17F3N4O/c21-20(22,23)15-8-4-5-9-16(15)26-13-11-18(28)19(25)17(10-12-24)27-14-6-2-1-3-7-14/h1-9,12-13,24-25H,10-11H2. The molecule has 28 heavy (non-hydrogen) atoms. The third-order valence-electron chi connectivity index (χ3n) is 3.60. The number of carbonyl (C=O) groups is 1. The van der Waals surface area contributed by atoms with E-state index in [1.54, 1.807) is 30.3 Å². The van der Waals surface area contributed by atoms with Crippen LogP contribution in [-0.2, 0) is 11.0 Å². The van der Waals surface area contributed by atoms with Crippen molar-refractivity contribution in [3.05, 3.63) is 60.2 Å². The highest BCUT2D eigenvalue weighted by atomic mass is 19.4. The minimum Gasteiger partial charge on any atom is -0.313 e. The second kappa shape index (κ2) is 9.50. The molecule has 8 heteroatoms. The number of nitrogens with zero attached hydrogens (tertiary/aromatic N) is 2. The number of hydrogen-bond acceptors (Lipinski definition) is 5. The first-order valence-corrected chi connectivity index (χ1v) is 8.25. The Bertz CT molecular complexity index is 919. The second-order valence-electron chi connectivity index (χ2n) is 5.63. The second-order valence-corrected chi connectivity index (χ2v) is 5.63. The zero-order valence-electron chi connectivity index (χ0n) is 14.7. The number of halogens is 3. The lowest BCUT2D eigenvalue weighted by atomic mass is 10.1. The first-order chi connectivity index (χ1) is 13.3. The first-order valence-electron chi connectivity index (χ1n) is 8.25. The van der Waals surface area contributed by atoms with Crippen molar-refractivity contribution in [2.24, 2.45) is 9.98 Å². The number of aliphatic imine (C=N–C) groups is 2. The largest absolute Gasteiger partial charge is 0.418 e. The lowest BCUT2D eigenvalue weighted by Crippen LogP contribution is -2.23. The summed E-state index contributed by atoms with van der Waals surface area (Å²) >= 11 is 0. The highest BCUT2D eigenvalue weighted by Gasteiger charge is 2.33. The zero-order valence-corrected chi connectivity index (χ0v) is 14.7. The molecule has 0 bridgehead atoms. The molecule has 2 aromatic rings. The number of para-hydroxylation sites is 2. The van der Waals surface area contributed by atoms with Crippen LogP contribution < -0.4 is 0 Å². The number of carbonyl (C=O) groups excluding carboxylic acids is 1. The van der Waals surface area contributed by atoms with Crippen LogP contribution in [0.3, 0.4) is 0 Å². The van der Waals surface area contributed by atoms with E-state index < -0.39 is 23.2 Å². The summed E-state index contributed by atoms with van der Waals surface area (Å²) in [5, 5.41) is 15.2. The van der Waals surface area contributed by atoms with Gasteiger partial charge in [-0.1, -0.05) is 30.3 Å². The van der Waals surface area contributed by atoms with Crippen molar-refractivity contribution < 1.29 is 18.0 Å². The minimum atomic E-state index is -4.55. The number of alkyl halides is 3. The van der Waals surface area contributed by atoms with Crippen LogP contribution in [0.1, 0.15) is 18.4 Å². The molecular formula is C20H17F3N4O. The van der Waals surface area contributed by atoms with Crippen molar-refractivity contribution in [1.29, 1.82) is 10.8 Å². The maximum atomic E-state index is 12.9. The third kappa shape index (κ3) is 5.80. The van der Waals surface area contributed by atoms with Gasteiger partial charge in [0.15, 0.2) is 5.78 Å². The molecule has 0 aliphatic heterocycles. The molecule has 2 N–H and O–H groups in total. The lowest BCUT2D eigenvalue weighted by Gasteiger charge is -2.09. The predicted octanol–water partition coefficient (Wildman–Crippen LogP) is 5.20. The molecule has 0 saturated heterocycles.